The lowest BCUT2D eigenvalue weighted by Crippen LogP contribution is -2.18. The molecule has 2 aromatic rings. The molecule has 92 valence electrons. The van der Waals surface area contributed by atoms with Gasteiger partial charge in [-0.2, -0.15) is 5.26 Å². The van der Waals surface area contributed by atoms with Crippen molar-refractivity contribution in [3.63, 3.8) is 0 Å². The van der Waals surface area contributed by atoms with Crippen LogP contribution in [-0.4, -0.2) is 20.0 Å². The predicted molar refractivity (Wildman–Crippen MR) is 69.3 cm³/mol. The third kappa shape index (κ3) is 2.81. The number of aromatic amines is 1. The van der Waals surface area contributed by atoms with Crippen LogP contribution in [0.5, 0.6) is 0 Å². The fourth-order valence-electron chi connectivity index (χ4n) is 1.48. The molecule has 0 fully saturated rings. The largest absolute Gasteiger partial charge is 0.344 e. The van der Waals surface area contributed by atoms with Gasteiger partial charge >= 0.3 is 5.69 Å². The number of benzene rings is 1. The van der Waals surface area contributed by atoms with Crippen molar-refractivity contribution in [1.29, 1.82) is 5.26 Å². The second-order valence-corrected chi connectivity index (χ2v) is 5.08. The number of nitrogens with one attached hydrogen (secondary N) is 1. The first-order chi connectivity index (χ1) is 8.70. The maximum Gasteiger partial charge on any atom is 0.344 e. The van der Waals surface area contributed by atoms with Crippen LogP contribution in [0.15, 0.2) is 40.3 Å². The summed E-state index contributed by atoms with van der Waals surface area (Å²) in [6.07, 6.45) is 0. The van der Waals surface area contributed by atoms with Gasteiger partial charge in [0.05, 0.1) is 17.9 Å². The van der Waals surface area contributed by atoms with Crippen LogP contribution in [0.1, 0.15) is 12.5 Å². The Kier molecular flexibility index (Phi) is 3.85. The van der Waals surface area contributed by atoms with E-state index in [-0.39, 0.29) is 10.9 Å². The summed E-state index contributed by atoms with van der Waals surface area (Å²) >= 11 is 1.27. The quantitative estimate of drug-likeness (QED) is 0.848. The highest BCUT2D eigenvalue weighted by atomic mass is 32.2. The van der Waals surface area contributed by atoms with Crippen molar-refractivity contribution in [1.82, 2.24) is 14.8 Å². The van der Waals surface area contributed by atoms with Crippen LogP contribution < -0.4 is 5.69 Å². The van der Waals surface area contributed by atoms with Crippen molar-refractivity contribution in [2.75, 3.05) is 0 Å². The first-order valence-electron chi connectivity index (χ1n) is 5.46. The molecular weight excluding hydrogens is 248 g/mol. The van der Waals surface area contributed by atoms with Gasteiger partial charge in [-0.25, -0.2) is 9.89 Å². The van der Waals surface area contributed by atoms with Crippen molar-refractivity contribution < 1.29 is 0 Å². The van der Waals surface area contributed by atoms with Crippen LogP contribution in [0.2, 0.25) is 0 Å². The molecule has 1 atom stereocenters. The lowest BCUT2D eigenvalue weighted by Gasteiger charge is -2.06. The molecule has 0 saturated heterocycles. The number of H-pyrrole nitrogens is 1. The normalized spacial score (nSPS) is 12.0. The molecule has 1 heterocycles. The van der Waals surface area contributed by atoms with Gasteiger partial charge in [-0.05, 0) is 12.5 Å². The topological polar surface area (TPSA) is 74.5 Å². The number of rotatable bonds is 4. The van der Waals surface area contributed by atoms with E-state index in [2.05, 4.69) is 16.3 Å². The van der Waals surface area contributed by atoms with Gasteiger partial charge in [0.1, 0.15) is 0 Å². The molecule has 0 spiro atoms. The van der Waals surface area contributed by atoms with Crippen LogP contribution in [-0.2, 0) is 6.54 Å². The van der Waals surface area contributed by atoms with Crippen LogP contribution in [0.25, 0.3) is 0 Å². The molecule has 2 rings (SSSR count). The molecule has 0 aliphatic heterocycles. The van der Waals surface area contributed by atoms with Gasteiger partial charge in [0.2, 0.25) is 0 Å². The number of nitriles is 1. The standard InChI is InChI=1S/C12H12N4OS/c1-9(7-13)18-12-15-14-11(17)16(12)8-10-5-3-2-4-6-10/h2-6,9H,8H2,1H3,(H,14,17)/t9-/m0/s1. The average molecular weight is 260 g/mol. The van der Waals surface area contributed by atoms with E-state index in [0.29, 0.717) is 11.7 Å². The third-order valence-corrected chi connectivity index (χ3v) is 3.35. The Morgan fingerprint density at radius 3 is 2.89 bits per heavy atom. The maximum atomic E-state index is 11.7. The third-order valence-electron chi connectivity index (χ3n) is 2.37. The zero-order valence-corrected chi connectivity index (χ0v) is 10.6. The number of hydrogen-bond acceptors (Lipinski definition) is 4. The lowest BCUT2D eigenvalue weighted by atomic mass is 10.2. The Labute approximate surface area is 108 Å². The van der Waals surface area contributed by atoms with Gasteiger partial charge in [-0.3, -0.25) is 4.57 Å². The van der Waals surface area contributed by atoms with E-state index in [1.165, 1.54) is 16.3 Å². The molecule has 6 heteroatoms. The second-order valence-electron chi connectivity index (χ2n) is 3.77. The van der Waals surface area contributed by atoms with Crippen molar-refractivity contribution in [2.45, 2.75) is 23.9 Å². The smallest absolute Gasteiger partial charge is 0.266 e. The van der Waals surface area contributed by atoms with E-state index < -0.39 is 0 Å². The summed E-state index contributed by atoms with van der Waals surface area (Å²) in [5, 5.41) is 15.4. The second kappa shape index (κ2) is 5.56. The molecule has 5 nitrogen and oxygen atoms in total. The number of thioether (sulfide) groups is 1. The predicted octanol–water partition coefficient (Wildman–Crippen LogP) is 1.62. The molecule has 0 unspecified atom stereocenters. The van der Waals surface area contributed by atoms with Gasteiger partial charge < -0.3 is 0 Å². The Morgan fingerprint density at radius 1 is 1.50 bits per heavy atom. The van der Waals surface area contributed by atoms with E-state index in [9.17, 15) is 4.79 Å². The molecule has 1 aromatic carbocycles. The highest BCUT2D eigenvalue weighted by Crippen LogP contribution is 2.19. The van der Waals surface area contributed by atoms with Crippen LogP contribution in [0.3, 0.4) is 0 Å². The Balaban J connectivity index is 2.25. The van der Waals surface area contributed by atoms with E-state index in [0.717, 1.165) is 5.56 Å². The molecule has 1 aromatic heterocycles. The summed E-state index contributed by atoms with van der Waals surface area (Å²) in [4.78, 5) is 11.7. The molecule has 0 radical (unpaired) electrons. The first-order valence-corrected chi connectivity index (χ1v) is 6.34. The van der Waals surface area contributed by atoms with Crippen molar-refractivity contribution in [3.05, 3.63) is 46.4 Å². The van der Waals surface area contributed by atoms with Gasteiger partial charge in [0, 0.05) is 0 Å². The van der Waals surface area contributed by atoms with Gasteiger partial charge in [-0.1, -0.05) is 42.1 Å². The van der Waals surface area contributed by atoms with Gasteiger partial charge in [0.25, 0.3) is 0 Å². The molecule has 1 N–H and O–H groups in total. The van der Waals surface area contributed by atoms with Crippen LogP contribution in [0.4, 0.5) is 0 Å². The van der Waals surface area contributed by atoms with Gasteiger partial charge in [-0.15, -0.1) is 5.10 Å². The Hall–Kier alpha value is -2.00. The van der Waals surface area contributed by atoms with Gasteiger partial charge in [0.15, 0.2) is 5.16 Å². The number of hydrogen-bond donors (Lipinski definition) is 1. The zero-order valence-electron chi connectivity index (χ0n) is 9.83. The first kappa shape index (κ1) is 12.5. The van der Waals surface area contributed by atoms with E-state index in [4.69, 9.17) is 5.26 Å². The summed E-state index contributed by atoms with van der Waals surface area (Å²) in [5.41, 5.74) is 0.763. The molecule has 18 heavy (non-hydrogen) atoms. The molecular formula is C12H12N4OS. The average Bonchev–Trinajstić information content (AvgIpc) is 2.72. The summed E-state index contributed by atoms with van der Waals surface area (Å²) in [5.74, 6) is 0. The summed E-state index contributed by atoms with van der Waals surface area (Å²) < 4.78 is 1.54. The minimum Gasteiger partial charge on any atom is -0.266 e. The summed E-state index contributed by atoms with van der Waals surface area (Å²) in [6.45, 7) is 2.23. The molecule has 0 amide bonds. The van der Waals surface area contributed by atoms with Crippen LogP contribution >= 0.6 is 11.8 Å². The number of aromatic nitrogens is 3. The molecule has 0 saturated carbocycles. The Bertz CT molecular complexity index is 611. The number of nitrogens with zero attached hydrogens (tertiary/aromatic N) is 3. The molecule has 0 aliphatic rings. The zero-order chi connectivity index (χ0) is 13.0. The molecule has 0 bridgehead atoms. The highest BCUT2D eigenvalue weighted by molar-refractivity contribution is 8.00. The van der Waals surface area contributed by atoms with E-state index in [1.54, 1.807) is 6.92 Å². The summed E-state index contributed by atoms with van der Waals surface area (Å²) in [6, 6.07) is 11.8. The summed E-state index contributed by atoms with van der Waals surface area (Å²) in [7, 11) is 0. The minimum absolute atomic E-state index is 0.241. The van der Waals surface area contributed by atoms with Crippen LogP contribution in [0, 0.1) is 11.3 Å². The highest BCUT2D eigenvalue weighted by Gasteiger charge is 2.12. The monoisotopic (exact) mass is 260 g/mol. The van der Waals surface area contributed by atoms with Crippen molar-refractivity contribution in [2.24, 2.45) is 0 Å². The lowest BCUT2D eigenvalue weighted by molar-refractivity contribution is 0.686. The maximum absolute atomic E-state index is 11.7. The minimum atomic E-state index is -0.258. The van der Waals surface area contributed by atoms with E-state index >= 15 is 0 Å². The fraction of sp³-hybridized carbons (Fsp3) is 0.250. The SMILES string of the molecule is C[C@@H](C#N)Sc1n[nH]c(=O)n1Cc1ccccc1. The van der Waals surface area contributed by atoms with Crippen molar-refractivity contribution >= 4 is 11.8 Å². The Morgan fingerprint density at radius 2 is 2.22 bits per heavy atom. The van der Waals surface area contributed by atoms with Crippen molar-refractivity contribution in [3.8, 4) is 6.07 Å². The van der Waals surface area contributed by atoms with E-state index in [1.807, 2.05) is 30.3 Å². The molecule has 0 aliphatic carbocycles. The fourth-order valence-corrected chi connectivity index (χ4v) is 2.23.